The molecule has 0 atom stereocenters. The number of carboxylic acids is 1. The van der Waals surface area contributed by atoms with Gasteiger partial charge in [0.25, 0.3) is 5.92 Å². The lowest BCUT2D eigenvalue weighted by atomic mass is 10.0. The molecule has 0 aliphatic carbocycles. The monoisotopic (exact) mass is 300 g/mol. The van der Waals surface area contributed by atoms with Crippen molar-refractivity contribution in [1.82, 2.24) is 0 Å². The molecule has 0 saturated carbocycles. The second kappa shape index (κ2) is 4.40. The van der Waals surface area contributed by atoms with E-state index in [-0.39, 0.29) is 4.47 Å². The van der Waals surface area contributed by atoms with Crippen molar-refractivity contribution in [3.63, 3.8) is 0 Å². The van der Waals surface area contributed by atoms with Gasteiger partial charge >= 0.3 is 5.97 Å². The van der Waals surface area contributed by atoms with Crippen molar-refractivity contribution < 1.29 is 27.5 Å². The molecule has 1 rings (SSSR count). The average molecular weight is 301 g/mol. The summed E-state index contributed by atoms with van der Waals surface area (Å²) >= 11 is 2.72. The minimum absolute atomic E-state index is 0.0441. The van der Waals surface area contributed by atoms with Crippen LogP contribution in [-0.4, -0.2) is 11.1 Å². The molecule has 7 heteroatoms. The lowest BCUT2D eigenvalue weighted by Crippen LogP contribution is -2.21. The van der Waals surface area contributed by atoms with E-state index in [1.807, 2.05) is 0 Å². The number of aliphatic carboxylic acids is 1. The van der Waals surface area contributed by atoms with Crippen molar-refractivity contribution >= 4 is 21.9 Å². The molecule has 88 valence electrons. The van der Waals surface area contributed by atoms with Crippen LogP contribution in [-0.2, 0) is 10.7 Å². The summed E-state index contributed by atoms with van der Waals surface area (Å²) in [6, 6.07) is 1.29. The van der Waals surface area contributed by atoms with Crippen molar-refractivity contribution in [2.75, 3.05) is 0 Å². The topological polar surface area (TPSA) is 37.3 Å². The molecule has 2 nitrogen and oxygen atoms in total. The van der Waals surface area contributed by atoms with Crippen LogP contribution in [0.1, 0.15) is 12.0 Å². The highest BCUT2D eigenvalue weighted by molar-refractivity contribution is 9.10. The van der Waals surface area contributed by atoms with Gasteiger partial charge in [-0.3, -0.25) is 4.79 Å². The molecule has 0 radical (unpaired) electrons. The molecule has 0 heterocycles. The van der Waals surface area contributed by atoms with Gasteiger partial charge in [0.15, 0.2) is 0 Å². The third-order valence-electron chi connectivity index (χ3n) is 1.75. The average Bonchev–Trinajstić information content (AvgIpc) is 1.96. The summed E-state index contributed by atoms with van der Waals surface area (Å²) in [7, 11) is 0. The third-order valence-corrected chi connectivity index (χ3v) is 2.20. The molecular weight excluding hydrogens is 296 g/mol. The highest BCUT2D eigenvalue weighted by Crippen LogP contribution is 2.36. The van der Waals surface area contributed by atoms with E-state index in [1.165, 1.54) is 0 Å². The van der Waals surface area contributed by atoms with Crippen molar-refractivity contribution in [2.24, 2.45) is 0 Å². The van der Waals surface area contributed by atoms with E-state index >= 15 is 0 Å². The summed E-state index contributed by atoms with van der Waals surface area (Å²) in [6.07, 6.45) is -1.66. The fraction of sp³-hybridized carbons (Fsp3) is 0.222. The highest BCUT2D eigenvalue weighted by Gasteiger charge is 2.40. The van der Waals surface area contributed by atoms with Gasteiger partial charge in [0, 0.05) is 4.47 Å². The van der Waals surface area contributed by atoms with Crippen molar-refractivity contribution in [1.29, 1.82) is 0 Å². The first-order valence-corrected chi connectivity index (χ1v) is 4.78. The normalized spacial score (nSPS) is 11.6. The molecule has 0 amide bonds. The Labute approximate surface area is 96.0 Å². The molecule has 0 saturated heterocycles. The van der Waals surface area contributed by atoms with Crippen LogP contribution in [0.3, 0.4) is 0 Å². The zero-order valence-electron chi connectivity index (χ0n) is 7.61. The Balaban J connectivity index is 3.27. The Kier molecular flexibility index (Phi) is 3.57. The van der Waals surface area contributed by atoms with E-state index in [2.05, 4.69) is 15.9 Å². The Morgan fingerprint density at radius 3 is 2.12 bits per heavy atom. The van der Waals surface area contributed by atoms with Crippen LogP contribution in [0.4, 0.5) is 17.6 Å². The number of hydrogen-bond acceptors (Lipinski definition) is 1. The fourth-order valence-electron chi connectivity index (χ4n) is 1.17. The number of carbonyl (C=O) groups is 1. The van der Waals surface area contributed by atoms with Gasteiger partial charge in [-0.05, 0) is 12.1 Å². The van der Waals surface area contributed by atoms with Crippen LogP contribution in [0.5, 0.6) is 0 Å². The van der Waals surface area contributed by atoms with E-state index < -0.39 is 35.5 Å². The van der Waals surface area contributed by atoms with E-state index in [0.717, 1.165) is 0 Å². The van der Waals surface area contributed by atoms with Crippen LogP contribution in [0, 0.1) is 11.6 Å². The zero-order valence-corrected chi connectivity index (χ0v) is 9.19. The molecule has 1 aromatic rings. The molecule has 0 spiro atoms. The van der Waals surface area contributed by atoms with Crippen LogP contribution in [0.25, 0.3) is 0 Å². The Morgan fingerprint density at radius 2 is 1.75 bits per heavy atom. The van der Waals surface area contributed by atoms with Gasteiger partial charge in [0.2, 0.25) is 0 Å². The predicted octanol–water partition coefficient (Wildman–Crippen LogP) is 3.29. The van der Waals surface area contributed by atoms with Crippen molar-refractivity contribution in [2.45, 2.75) is 12.3 Å². The lowest BCUT2D eigenvalue weighted by molar-refractivity contribution is -0.145. The molecule has 0 aliphatic rings. The number of halogens is 5. The Hall–Kier alpha value is -1.11. The molecule has 0 aliphatic heterocycles. The smallest absolute Gasteiger partial charge is 0.309 e. The number of rotatable bonds is 3. The zero-order chi connectivity index (χ0) is 12.5. The molecular formula is C9H5BrF4O2. The van der Waals surface area contributed by atoms with E-state index in [9.17, 15) is 22.4 Å². The largest absolute Gasteiger partial charge is 0.481 e. The second-order valence-electron chi connectivity index (χ2n) is 3.02. The number of benzene rings is 1. The summed E-state index contributed by atoms with van der Waals surface area (Å²) < 4.78 is 52.6. The molecule has 0 aromatic heterocycles. The van der Waals surface area contributed by atoms with Crippen LogP contribution in [0.15, 0.2) is 16.6 Å². The maximum atomic E-state index is 13.2. The van der Waals surface area contributed by atoms with Crippen LogP contribution < -0.4 is 0 Å². The first kappa shape index (κ1) is 13.0. The molecule has 1 N–H and O–H groups in total. The molecule has 0 fully saturated rings. The minimum atomic E-state index is -4.08. The number of hydrogen-bond donors (Lipinski definition) is 1. The van der Waals surface area contributed by atoms with Crippen molar-refractivity contribution in [3.05, 3.63) is 33.8 Å². The standard InChI is InChI=1S/C9H5BrF4O2/c10-4-1-5(11)8(6(12)2-4)9(13,14)3-7(15)16/h1-2H,3H2,(H,15,16). The summed E-state index contributed by atoms with van der Waals surface area (Å²) in [5.74, 6) is -8.90. The van der Waals surface area contributed by atoms with E-state index in [4.69, 9.17) is 5.11 Å². The minimum Gasteiger partial charge on any atom is -0.481 e. The Morgan fingerprint density at radius 1 is 1.31 bits per heavy atom. The van der Waals surface area contributed by atoms with E-state index in [1.54, 1.807) is 0 Å². The summed E-state index contributed by atoms with van der Waals surface area (Å²) in [5, 5.41) is 8.21. The molecule has 16 heavy (non-hydrogen) atoms. The maximum absolute atomic E-state index is 13.2. The second-order valence-corrected chi connectivity index (χ2v) is 3.94. The predicted molar refractivity (Wildman–Crippen MR) is 50.2 cm³/mol. The SMILES string of the molecule is O=C(O)CC(F)(F)c1c(F)cc(Br)cc1F. The van der Waals surface area contributed by atoms with Crippen molar-refractivity contribution in [3.8, 4) is 0 Å². The number of carboxylic acid groups (broad SMARTS) is 1. The third kappa shape index (κ3) is 2.72. The highest BCUT2D eigenvalue weighted by atomic mass is 79.9. The van der Waals surface area contributed by atoms with Gasteiger partial charge in [-0.2, -0.15) is 0 Å². The molecule has 1 aromatic carbocycles. The maximum Gasteiger partial charge on any atom is 0.309 e. The van der Waals surface area contributed by atoms with Gasteiger partial charge in [-0.1, -0.05) is 15.9 Å². The fourth-order valence-corrected chi connectivity index (χ4v) is 1.57. The van der Waals surface area contributed by atoms with E-state index in [0.29, 0.717) is 12.1 Å². The quantitative estimate of drug-likeness (QED) is 0.870. The van der Waals surface area contributed by atoms with Gasteiger partial charge < -0.3 is 5.11 Å². The van der Waals surface area contributed by atoms with Gasteiger partial charge in [0.05, 0.1) is 5.56 Å². The van der Waals surface area contributed by atoms with Gasteiger partial charge in [-0.25, -0.2) is 17.6 Å². The summed E-state index contributed by atoms with van der Waals surface area (Å²) in [4.78, 5) is 10.1. The molecule has 0 bridgehead atoms. The van der Waals surface area contributed by atoms with Gasteiger partial charge in [0.1, 0.15) is 18.1 Å². The van der Waals surface area contributed by atoms with Gasteiger partial charge in [-0.15, -0.1) is 0 Å². The molecule has 0 unspecified atom stereocenters. The first-order chi connectivity index (χ1) is 7.24. The van der Waals surface area contributed by atoms with Crippen LogP contribution >= 0.6 is 15.9 Å². The summed E-state index contributed by atoms with van der Waals surface area (Å²) in [6.45, 7) is 0. The van der Waals surface area contributed by atoms with Crippen LogP contribution in [0.2, 0.25) is 0 Å². The first-order valence-electron chi connectivity index (χ1n) is 3.98. The number of alkyl halides is 2. The lowest BCUT2D eigenvalue weighted by Gasteiger charge is -2.16. The Bertz CT molecular complexity index is 411. The summed E-state index contributed by atoms with van der Waals surface area (Å²) in [5.41, 5.74) is -1.53.